The van der Waals surface area contributed by atoms with Crippen LogP contribution in [0.2, 0.25) is 0 Å². The lowest BCUT2D eigenvalue weighted by Crippen LogP contribution is -2.28. The van der Waals surface area contributed by atoms with Crippen molar-refractivity contribution in [3.63, 3.8) is 0 Å². The molecule has 1 saturated carbocycles. The van der Waals surface area contributed by atoms with E-state index in [0.29, 0.717) is 11.3 Å². The molecule has 1 aromatic rings. The Labute approximate surface area is 105 Å². The molecule has 0 amide bonds. The minimum absolute atomic E-state index is 0.548. The van der Waals surface area contributed by atoms with Gasteiger partial charge in [0.2, 0.25) is 0 Å². The van der Waals surface area contributed by atoms with Gasteiger partial charge in [-0.3, -0.25) is 0 Å². The molecule has 1 aliphatic carbocycles. The maximum Gasteiger partial charge on any atom is -0.000556 e. The summed E-state index contributed by atoms with van der Waals surface area (Å²) in [4.78, 5) is 0. The van der Waals surface area contributed by atoms with E-state index in [9.17, 15) is 0 Å². The Hall–Kier alpha value is -0.820. The summed E-state index contributed by atoms with van der Waals surface area (Å²) >= 11 is 0. The minimum Gasteiger partial charge on any atom is -0.330 e. The van der Waals surface area contributed by atoms with E-state index in [4.69, 9.17) is 5.73 Å². The van der Waals surface area contributed by atoms with Gasteiger partial charge in [-0.15, -0.1) is 0 Å². The van der Waals surface area contributed by atoms with Crippen LogP contribution in [0, 0.1) is 11.3 Å². The summed E-state index contributed by atoms with van der Waals surface area (Å²) in [5, 5.41) is 0. The molecule has 0 radical (unpaired) electrons. The number of nitrogens with two attached hydrogens (primary N) is 1. The molecular weight excluding hydrogens is 206 g/mol. The summed E-state index contributed by atoms with van der Waals surface area (Å²) < 4.78 is 0. The summed E-state index contributed by atoms with van der Waals surface area (Å²) in [7, 11) is 0. The molecule has 1 nitrogen and oxygen atoms in total. The van der Waals surface area contributed by atoms with Crippen LogP contribution in [-0.4, -0.2) is 6.54 Å². The molecule has 1 atom stereocenters. The molecule has 0 saturated heterocycles. The van der Waals surface area contributed by atoms with Gasteiger partial charge in [-0.1, -0.05) is 44.2 Å². The highest BCUT2D eigenvalue weighted by Crippen LogP contribution is 2.43. The van der Waals surface area contributed by atoms with Gasteiger partial charge in [-0.05, 0) is 55.0 Å². The van der Waals surface area contributed by atoms with Crippen LogP contribution in [0.25, 0.3) is 0 Å². The molecule has 2 rings (SSSR count). The van der Waals surface area contributed by atoms with Crippen molar-refractivity contribution in [1.82, 2.24) is 0 Å². The van der Waals surface area contributed by atoms with Crippen molar-refractivity contribution in [2.24, 2.45) is 17.1 Å². The van der Waals surface area contributed by atoms with Crippen molar-refractivity contribution < 1.29 is 0 Å². The molecular formula is C16H25N. The van der Waals surface area contributed by atoms with Gasteiger partial charge in [0.15, 0.2) is 0 Å². The summed E-state index contributed by atoms with van der Waals surface area (Å²) in [6, 6.07) is 10.8. The molecule has 1 aliphatic rings. The van der Waals surface area contributed by atoms with Gasteiger partial charge in [0.05, 0.1) is 0 Å². The van der Waals surface area contributed by atoms with Crippen molar-refractivity contribution >= 4 is 0 Å². The normalized spacial score (nSPS) is 22.3. The van der Waals surface area contributed by atoms with Crippen LogP contribution in [0.4, 0.5) is 0 Å². The SMILES string of the molecule is CC1(C)CCC(C(CN)c2ccccc2)CC1. The second-order valence-electron chi connectivity index (χ2n) is 6.25. The second-order valence-corrected chi connectivity index (χ2v) is 6.25. The summed E-state index contributed by atoms with van der Waals surface area (Å²) in [6.07, 6.45) is 5.37. The molecule has 0 spiro atoms. The van der Waals surface area contributed by atoms with Crippen LogP contribution in [0.5, 0.6) is 0 Å². The molecule has 17 heavy (non-hydrogen) atoms. The van der Waals surface area contributed by atoms with Crippen molar-refractivity contribution in [1.29, 1.82) is 0 Å². The van der Waals surface area contributed by atoms with Crippen molar-refractivity contribution in [2.45, 2.75) is 45.4 Å². The van der Waals surface area contributed by atoms with Crippen LogP contribution < -0.4 is 5.73 Å². The third-order valence-corrected chi connectivity index (χ3v) is 4.43. The molecule has 94 valence electrons. The zero-order valence-electron chi connectivity index (χ0n) is 11.2. The fourth-order valence-corrected chi connectivity index (χ4v) is 3.12. The first kappa shape index (κ1) is 12.6. The van der Waals surface area contributed by atoms with E-state index < -0.39 is 0 Å². The topological polar surface area (TPSA) is 26.0 Å². The van der Waals surface area contributed by atoms with Crippen LogP contribution in [0.15, 0.2) is 30.3 Å². The average Bonchev–Trinajstić information content (AvgIpc) is 2.33. The molecule has 1 unspecified atom stereocenters. The van der Waals surface area contributed by atoms with E-state index in [1.54, 1.807) is 0 Å². The monoisotopic (exact) mass is 231 g/mol. The van der Waals surface area contributed by atoms with Crippen molar-refractivity contribution in [3.05, 3.63) is 35.9 Å². The zero-order valence-corrected chi connectivity index (χ0v) is 11.2. The Morgan fingerprint density at radius 3 is 2.29 bits per heavy atom. The predicted molar refractivity (Wildman–Crippen MR) is 74.0 cm³/mol. The molecule has 2 N–H and O–H groups in total. The van der Waals surface area contributed by atoms with Crippen LogP contribution >= 0.6 is 0 Å². The molecule has 0 aliphatic heterocycles. The summed E-state index contributed by atoms with van der Waals surface area (Å²) in [6.45, 7) is 5.57. The molecule has 0 heterocycles. The first-order chi connectivity index (χ1) is 8.12. The van der Waals surface area contributed by atoms with E-state index in [1.165, 1.54) is 31.2 Å². The van der Waals surface area contributed by atoms with Crippen LogP contribution in [0.3, 0.4) is 0 Å². The highest BCUT2D eigenvalue weighted by atomic mass is 14.6. The number of benzene rings is 1. The highest BCUT2D eigenvalue weighted by Gasteiger charge is 2.31. The van der Waals surface area contributed by atoms with E-state index in [0.717, 1.165) is 12.5 Å². The van der Waals surface area contributed by atoms with Gasteiger partial charge >= 0.3 is 0 Å². The standard InChI is InChI=1S/C16H25N/c1-16(2)10-8-14(9-11-16)15(12-17)13-6-4-3-5-7-13/h3-7,14-15H,8-12,17H2,1-2H3. The van der Waals surface area contributed by atoms with Gasteiger partial charge in [0, 0.05) is 0 Å². The lowest BCUT2D eigenvalue weighted by molar-refractivity contribution is 0.173. The Morgan fingerprint density at radius 2 is 1.76 bits per heavy atom. The minimum atomic E-state index is 0.548. The third-order valence-electron chi connectivity index (χ3n) is 4.43. The summed E-state index contributed by atoms with van der Waals surface area (Å²) in [5.41, 5.74) is 7.98. The van der Waals surface area contributed by atoms with E-state index >= 15 is 0 Å². The Bertz CT molecular complexity index is 332. The Balaban J connectivity index is 2.05. The number of hydrogen-bond acceptors (Lipinski definition) is 1. The van der Waals surface area contributed by atoms with E-state index in [-0.39, 0.29) is 0 Å². The van der Waals surface area contributed by atoms with Crippen molar-refractivity contribution in [3.8, 4) is 0 Å². The maximum atomic E-state index is 6.00. The lowest BCUT2D eigenvalue weighted by atomic mass is 9.68. The third kappa shape index (κ3) is 3.10. The average molecular weight is 231 g/mol. The zero-order chi connectivity index (χ0) is 12.3. The van der Waals surface area contributed by atoms with E-state index in [1.807, 2.05) is 0 Å². The molecule has 0 bridgehead atoms. The first-order valence-electron chi connectivity index (χ1n) is 6.87. The molecule has 0 aromatic heterocycles. The lowest BCUT2D eigenvalue weighted by Gasteiger charge is -2.38. The maximum absolute atomic E-state index is 6.00. The van der Waals surface area contributed by atoms with Gasteiger partial charge in [0.1, 0.15) is 0 Å². The largest absolute Gasteiger partial charge is 0.330 e. The molecule has 1 heteroatoms. The summed E-state index contributed by atoms with van der Waals surface area (Å²) in [5.74, 6) is 1.35. The second kappa shape index (κ2) is 5.22. The van der Waals surface area contributed by atoms with Crippen molar-refractivity contribution in [2.75, 3.05) is 6.54 Å². The van der Waals surface area contributed by atoms with Gasteiger partial charge in [-0.2, -0.15) is 0 Å². The van der Waals surface area contributed by atoms with Gasteiger partial charge in [-0.25, -0.2) is 0 Å². The van der Waals surface area contributed by atoms with Gasteiger partial charge in [0.25, 0.3) is 0 Å². The fourth-order valence-electron chi connectivity index (χ4n) is 3.12. The van der Waals surface area contributed by atoms with E-state index in [2.05, 4.69) is 44.2 Å². The number of rotatable bonds is 3. The Kier molecular flexibility index (Phi) is 3.88. The quantitative estimate of drug-likeness (QED) is 0.837. The fraction of sp³-hybridized carbons (Fsp3) is 0.625. The number of hydrogen-bond donors (Lipinski definition) is 1. The van der Waals surface area contributed by atoms with Gasteiger partial charge < -0.3 is 5.73 Å². The first-order valence-corrected chi connectivity index (χ1v) is 6.87. The Morgan fingerprint density at radius 1 is 1.18 bits per heavy atom. The van der Waals surface area contributed by atoms with Crippen LogP contribution in [-0.2, 0) is 0 Å². The van der Waals surface area contributed by atoms with Crippen LogP contribution in [0.1, 0.15) is 51.0 Å². The molecule has 1 fully saturated rings. The predicted octanol–water partition coefficient (Wildman–Crippen LogP) is 3.95. The smallest absolute Gasteiger partial charge is 0.000556 e. The highest BCUT2D eigenvalue weighted by molar-refractivity contribution is 5.21. The molecule has 1 aromatic carbocycles.